The summed E-state index contributed by atoms with van der Waals surface area (Å²) in [6, 6.07) is 0. The summed E-state index contributed by atoms with van der Waals surface area (Å²) in [5.41, 5.74) is 0.974. The van der Waals surface area contributed by atoms with Crippen molar-refractivity contribution in [3.8, 4) is 0 Å². The molecular weight excluding hydrogens is 228 g/mol. The Hall–Kier alpha value is -1.20. The fraction of sp³-hybridized carbons (Fsp3) is 0.692. The molecule has 1 N–H and O–H groups in total. The van der Waals surface area contributed by atoms with Crippen LogP contribution in [0.1, 0.15) is 26.0 Å². The first-order valence-corrected chi connectivity index (χ1v) is 6.50. The first-order chi connectivity index (χ1) is 8.72. The predicted molar refractivity (Wildman–Crippen MR) is 72.2 cm³/mol. The van der Waals surface area contributed by atoms with Gasteiger partial charge in [0.25, 0.3) is 0 Å². The van der Waals surface area contributed by atoms with Gasteiger partial charge in [0, 0.05) is 12.7 Å². The highest BCUT2D eigenvalue weighted by Gasteiger charge is 2.01. The molecule has 5 heteroatoms. The predicted octanol–water partition coefficient (Wildman–Crippen LogP) is 1.62. The molecule has 0 unspecified atom stereocenters. The first-order valence-electron chi connectivity index (χ1n) is 6.50. The molecule has 5 nitrogen and oxygen atoms in total. The van der Waals surface area contributed by atoms with Crippen molar-refractivity contribution in [2.75, 3.05) is 19.8 Å². The lowest BCUT2D eigenvalue weighted by Crippen LogP contribution is -2.19. The highest BCUT2D eigenvalue weighted by atomic mass is 16.5. The van der Waals surface area contributed by atoms with E-state index in [-0.39, 0.29) is 0 Å². The number of hydrogen-bond donors (Lipinski definition) is 1. The molecule has 0 radical (unpaired) electrons. The van der Waals surface area contributed by atoms with Gasteiger partial charge < -0.3 is 10.1 Å². The third kappa shape index (κ3) is 6.51. The van der Waals surface area contributed by atoms with Crippen LogP contribution >= 0.6 is 0 Å². The van der Waals surface area contributed by atoms with Crippen molar-refractivity contribution < 1.29 is 4.74 Å². The SMILES string of the molecule is C=CCCOCCn1cc(CNCC(C)C)nn1. The van der Waals surface area contributed by atoms with Crippen molar-refractivity contribution in [1.82, 2.24) is 20.3 Å². The lowest BCUT2D eigenvalue weighted by Gasteiger charge is -2.04. The molecule has 0 spiro atoms. The maximum absolute atomic E-state index is 5.42. The number of aromatic nitrogens is 3. The van der Waals surface area contributed by atoms with E-state index < -0.39 is 0 Å². The molecule has 0 aliphatic rings. The third-order valence-corrected chi connectivity index (χ3v) is 2.38. The first kappa shape index (κ1) is 14.9. The lowest BCUT2D eigenvalue weighted by atomic mass is 10.2. The van der Waals surface area contributed by atoms with Crippen molar-refractivity contribution >= 4 is 0 Å². The van der Waals surface area contributed by atoms with E-state index in [2.05, 4.69) is 36.1 Å². The number of hydrogen-bond acceptors (Lipinski definition) is 4. The summed E-state index contributed by atoms with van der Waals surface area (Å²) in [4.78, 5) is 0. The zero-order valence-corrected chi connectivity index (χ0v) is 11.4. The minimum atomic E-state index is 0.651. The monoisotopic (exact) mass is 252 g/mol. The molecule has 0 aliphatic carbocycles. The van der Waals surface area contributed by atoms with E-state index in [0.29, 0.717) is 12.5 Å². The van der Waals surface area contributed by atoms with Crippen molar-refractivity contribution in [3.63, 3.8) is 0 Å². The summed E-state index contributed by atoms with van der Waals surface area (Å²) in [7, 11) is 0. The average molecular weight is 252 g/mol. The molecule has 0 aliphatic heterocycles. The number of rotatable bonds is 10. The third-order valence-electron chi connectivity index (χ3n) is 2.38. The molecule has 0 aromatic carbocycles. The summed E-state index contributed by atoms with van der Waals surface area (Å²) in [5.74, 6) is 0.651. The van der Waals surface area contributed by atoms with Crippen LogP contribution in [-0.2, 0) is 17.8 Å². The zero-order valence-electron chi connectivity index (χ0n) is 11.4. The van der Waals surface area contributed by atoms with Crippen LogP contribution in [0.5, 0.6) is 0 Å². The Morgan fingerprint density at radius 2 is 2.33 bits per heavy atom. The van der Waals surface area contributed by atoms with Crippen molar-refractivity contribution in [1.29, 1.82) is 0 Å². The van der Waals surface area contributed by atoms with Gasteiger partial charge in [0.05, 0.1) is 25.5 Å². The van der Waals surface area contributed by atoms with E-state index in [4.69, 9.17) is 4.74 Å². The molecule has 1 rings (SSSR count). The maximum Gasteiger partial charge on any atom is 0.0964 e. The van der Waals surface area contributed by atoms with Crippen molar-refractivity contribution in [3.05, 3.63) is 24.5 Å². The number of ether oxygens (including phenoxy) is 1. The van der Waals surface area contributed by atoms with Gasteiger partial charge in [0.15, 0.2) is 0 Å². The summed E-state index contributed by atoms with van der Waals surface area (Å²) in [6.07, 6.45) is 4.71. The van der Waals surface area contributed by atoms with E-state index in [1.807, 2.05) is 17.0 Å². The fourth-order valence-corrected chi connectivity index (χ4v) is 1.44. The van der Waals surface area contributed by atoms with E-state index in [1.165, 1.54) is 0 Å². The Morgan fingerprint density at radius 3 is 3.06 bits per heavy atom. The molecule has 1 aromatic heterocycles. The summed E-state index contributed by atoms with van der Waals surface area (Å²) in [6.45, 7) is 11.9. The zero-order chi connectivity index (χ0) is 13.2. The topological polar surface area (TPSA) is 52.0 Å². The molecule has 1 heterocycles. The van der Waals surface area contributed by atoms with Crippen molar-refractivity contribution in [2.24, 2.45) is 5.92 Å². The van der Waals surface area contributed by atoms with Crippen LogP contribution in [0.25, 0.3) is 0 Å². The van der Waals surface area contributed by atoms with E-state index >= 15 is 0 Å². The number of nitrogens with one attached hydrogen (secondary N) is 1. The van der Waals surface area contributed by atoms with Crippen LogP contribution in [0, 0.1) is 5.92 Å². The van der Waals surface area contributed by atoms with Crippen LogP contribution in [0.15, 0.2) is 18.9 Å². The second kappa shape index (κ2) is 8.83. The van der Waals surface area contributed by atoms with Gasteiger partial charge in [-0.2, -0.15) is 0 Å². The van der Waals surface area contributed by atoms with Crippen LogP contribution in [-0.4, -0.2) is 34.8 Å². The largest absolute Gasteiger partial charge is 0.379 e. The lowest BCUT2D eigenvalue weighted by molar-refractivity contribution is 0.127. The Kier molecular flexibility index (Phi) is 7.29. The summed E-state index contributed by atoms with van der Waals surface area (Å²) < 4.78 is 7.24. The Labute approximate surface area is 109 Å². The molecule has 1 aromatic rings. The number of nitrogens with zero attached hydrogens (tertiary/aromatic N) is 3. The van der Waals surface area contributed by atoms with Gasteiger partial charge in [-0.25, -0.2) is 4.68 Å². The molecule has 0 amide bonds. The quantitative estimate of drug-likeness (QED) is 0.508. The van der Waals surface area contributed by atoms with Gasteiger partial charge in [-0.15, -0.1) is 11.7 Å². The van der Waals surface area contributed by atoms with Crippen LogP contribution in [0.4, 0.5) is 0 Å². The normalized spacial score (nSPS) is 11.1. The van der Waals surface area contributed by atoms with Gasteiger partial charge >= 0.3 is 0 Å². The smallest absolute Gasteiger partial charge is 0.0964 e. The minimum Gasteiger partial charge on any atom is -0.379 e. The van der Waals surface area contributed by atoms with Crippen LogP contribution in [0.2, 0.25) is 0 Å². The van der Waals surface area contributed by atoms with Crippen molar-refractivity contribution in [2.45, 2.75) is 33.4 Å². The van der Waals surface area contributed by atoms with Crippen LogP contribution < -0.4 is 5.32 Å². The fourth-order valence-electron chi connectivity index (χ4n) is 1.44. The summed E-state index contributed by atoms with van der Waals surface area (Å²) in [5, 5.41) is 11.5. The molecule has 102 valence electrons. The van der Waals surface area contributed by atoms with E-state index in [1.54, 1.807) is 0 Å². The Bertz CT molecular complexity index is 335. The maximum atomic E-state index is 5.42. The van der Waals surface area contributed by atoms with E-state index in [0.717, 1.165) is 38.4 Å². The van der Waals surface area contributed by atoms with Gasteiger partial charge in [-0.3, -0.25) is 0 Å². The van der Waals surface area contributed by atoms with Gasteiger partial charge in [0.1, 0.15) is 0 Å². The van der Waals surface area contributed by atoms with Gasteiger partial charge in [-0.05, 0) is 18.9 Å². The Morgan fingerprint density at radius 1 is 1.50 bits per heavy atom. The summed E-state index contributed by atoms with van der Waals surface area (Å²) >= 11 is 0. The van der Waals surface area contributed by atoms with Crippen LogP contribution in [0.3, 0.4) is 0 Å². The molecular formula is C13H24N4O. The molecule has 0 saturated carbocycles. The highest BCUT2D eigenvalue weighted by molar-refractivity contribution is 4.91. The molecule has 0 fully saturated rings. The molecule has 0 atom stereocenters. The molecule has 18 heavy (non-hydrogen) atoms. The minimum absolute atomic E-state index is 0.651. The molecule has 0 bridgehead atoms. The van der Waals surface area contributed by atoms with E-state index in [9.17, 15) is 0 Å². The second-order valence-corrected chi connectivity index (χ2v) is 4.69. The standard InChI is InChI=1S/C13H24N4O/c1-4-5-7-18-8-6-17-11-13(15-16-17)10-14-9-12(2)3/h4,11-12,14H,1,5-10H2,2-3H3. The highest BCUT2D eigenvalue weighted by Crippen LogP contribution is 1.95. The van der Waals surface area contributed by atoms with Gasteiger partial charge in [0.2, 0.25) is 0 Å². The average Bonchev–Trinajstić information content (AvgIpc) is 2.76. The molecule has 0 saturated heterocycles. The Balaban J connectivity index is 2.15. The van der Waals surface area contributed by atoms with Gasteiger partial charge in [-0.1, -0.05) is 25.1 Å². The second-order valence-electron chi connectivity index (χ2n) is 4.69.